The molecule has 1 N–H and O–H groups in total. The quantitative estimate of drug-likeness (QED) is 0.768. The summed E-state index contributed by atoms with van der Waals surface area (Å²) in [5.74, 6) is 0.741. The predicted molar refractivity (Wildman–Crippen MR) is 93.0 cm³/mol. The fourth-order valence-corrected chi connectivity index (χ4v) is 5.14. The maximum absolute atomic E-state index is 3.91. The van der Waals surface area contributed by atoms with Crippen LogP contribution in [0.4, 0.5) is 0 Å². The third-order valence-electron chi connectivity index (χ3n) is 4.95. The molecular formula is C18H20BrNS. The van der Waals surface area contributed by atoms with Crippen LogP contribution >= 0.6 is 27.3 Å². The molecule has 0 radical (unpaired) electrons. The number of fused-ring (bicyclic) bond motifs is 1. The van der Waals surface area contributed by atoms with E-state index in [0.29, 0.717) is 12.1 Å². The first kappa shape index (κ1) is 14.0. The highest BCUT2D eigenvalue weighted by molar-refractivity contribution is 9.10. The third kappa shape index (κ3) is 2.84. The summed E-state index contributed by atoms with van der Waals surface area (Å²) in [4.78, 5) is 1.61. The molecular weight excluding hydrogens is 342 g/mol. The molecule has 1 fully saturated rings. The summed E-state index contributed by atoms with van der Waals surface area (Å²) < 4.78 is 1.20. The van der Waals surface area contributed by atoms with Gasteiger partial charge in [0.25, 0.3) is 0 Å². The van der Waals surface area contributed by atoms with Crippen LogP contribution in [-0.2, 0) is 6.42 Å². The summed E-state index contributed by atoms with van der Waals surface area (Å²) in [5, 5.41) is 6.17. The van der Waals surface area contributed by atoms with Crippen molar-refractivity contribution in [1.82, 2.24) is 5.32 Å². The van der Waals surface area contributed by atoms with Gasteiger partial charge >= 0.3 is 0 Å². The molecule has 2 aromatic rings. The Morgan fingerprint density at radius 3 is 2.95 bits per heavy atom. The maximum atomic E-state index is 3.91. The highest BCUT2D eigenvalue weighted by Gasteiger charge is 2.33. The maximum Gasteiger partial charge on any atom is 0.0333 e. The van der Waals surface area contributed by atoms with Gasteiger partial charge in [-0.3, -0.25) is 0 Å². The molecule has 1 aromatic carbocycles. The fourth-order valence-electron chi connectivity index (χ4n) is 3.73. The zero-order valence-corrected chi connectivity index (χ0v) is 14.4. The molecule has 3 heteroatoms. The van der Waals surface area contributed by atoms with Gasteiger partial charge in [-0.05, 0) is 72.7 Å². The number of hydrogen-bond acceptors (Lipinski definition) is 2. The van der Waals surface area contributed by atoms with Crippen molar-refractivity contribution < 1.29 is 0 Å². The summed E-state index contributed by atoms with van der Waals surface area (Å²) >= 11 is 5.51. The largest absolute Gasteiger partial charge is 0.307 e. The van der Waals surface area contributed by atoms with Gasteiger partial charge in [-0.25, -0.2) is 0 Å². The van der Waals surface area contributed by atoms with Crippen LogP contribution in [0.5, 0.6) is 0 Å². The zero-order chi connectivity index (χ0) is 14.2. The van der Waals surface area contributed by atoms with Gasteiger partial charge in [-0.1, -0.05) is 28.1 Å². The number of hydrogen-bond donors (Lipinski definition) is 1. The van der Waals surface area contributed by atoms with Gasteiger partial charge in [0.15, 0.2) is 0 Å². The molecule has 0 bridgehead atoms. The molecule has 4 rings (SSSR count). The first-order valence-electron chi connectivity index (χ1n) is 7.87. The lowest BCUT2D eigenvalue weighted by Gasteiger charge is -2.39. The smallest absolute Gasteiger partial charge is 0.0333 e. The number of halogens is 1. The van der Waals surface area contributed by atoms with E-state index in [0.717, 1.165) is 5.92 Å². The highest BCUT2D eigenvalue weighted by atomic mass is 79.9. The first-order valence-corrected chi connectivity index (χ1v) is 9.54. The normalized spacial score (nSPS) is 28.0. The standard InChI is InChI=1S/C18H20BrNS/c19-14-4-1-3-12(9-14)13-10-15(11-13)20-17-5-2-6-18-16(17)7-8-21-18/h1,3-4,7-9,13,15,17,20H,2,5-6,10-11H2. The van der Waals surface area contributed by atoms with E-state index in [1.165, 1.54) is 42.1 Å². The fraction of sp³-hybridized carbons (Fsp3) is 0.444. The molecule has 1 unspecified atom stereocenters. The summed E-state index contributed by atoms with van der Waals surface area (Å²) in [6.07, 6.45) is 6.50. The molecule has 110 valence electrons. The van der Waals surface area contributed by atoms with Crippen LogP contribution in [0.1, 0.15) is 53.6 Å². The van der Waals surface area contributed by atoms with Gasteiger partial charge in [0.2, 0.25) is 0 Å². The van der Waals surface area contributed by atoms with Gasteiger partial charge in [0.05, 0.1) is 0 Å². The summed E-state index contributed by atoms with van der Waals surface area (Å²) in [5.41, 5.74) is 3.07. The SMILES string of the molecule is Brc1cccc(C2CC(NC3CCCc4sccc43)C2)c1. The van der Waals surface area contributed by atoms with E-state index < -0.39 is 0 Å². The Balaban J connectivity index is 1.37. The van der Waals surface area contributed by atoms with Crippen molar-refractivity contribution in [3.63, 3.8) is 0 Å². The van der Waals surface area contributed by atoms with Gasteiger partial charge in [0, 0.05) is 21.4 Å². The summed E-state index contributed by atoms with van der Waals surface area (Å²) in [6.45, 7) is 0. The second-order valence-corrected chi connectivity index (χ2v) is 8.25. The van der Waals surface area contributed by atoms with Crippen molar-refractivity contribution in [2.45, 2.75) is 50.1 Å². The number of thiophene rings is 1. The van der Waals surface area contributed by atoms with Crippen LogP contribution in [-0.4, -0.2) is 6.04 Å². The van der Waals surface area contributed by atoms with Crippen LogP contribution < -0.4 is 5.32 Å². The minimum atomic E-state index is 0.605. The molecule has 1 nitrogen and oxygen atoms in total. The van der Waals surface area contributed by atoms with Crippen molar-refractivity contribution in [3.05, 3.63) is 56.2 Å². The minimum Gasteiger partial charge on any atom is -0.307 e. The molecule has 0 aliphatic heterocycles. The third-order valence-corrected chi connectivity index (χ3v) is 6.44. The Hall–Kier alpha value is -0.640. The Labute approximate surface area is 138 Å². The topological polar surface area (TPSA) is 12.0 Å². The Kier molecular flexibility index (Phi) is 3.91. The number of aryl methyl sites for hydroxylation is 1. The Bertz CT molecular complexity index is 630. The van der Waals surface area contributed by atoms with Crippen molar-refractivity contribution in [3.8, 4) is 0 Å². The molecule has 1 heterocycles. The summed E-state index contributed by atoms with van der Waals surface area (Å²) in [6, 6.07) is 12.4. The average molecular weight is 362 g/mol. The van der Waals surface area contributed by atoms with Crippen molar-refractivity contribution >= 4 is 27.3 Å². The second-order valence-electron chi connectivity index (χ2n) is 6.33. The lowest BCUT2D eigenvalue weighted by Crippen LogP contribution is -2.42. The highest BCUT2D eigenvalue weighted by Crippen LogP contribution is 2.40. The lowest BCUT2D eigenvalue weighted by atomic mass is 9.75. The molecule has 1 atom stereocenters. The predicted octanol–water partition coefficient (Wildman–Crippen LogP) is 5.42. The first-order chi connectivity index (χ1) is 10.3. The molecule has 2 aliphatic rings. The van der Waals surface area contributed by atoms with Crippen LogP contribution in [0.15, 0.2) is 40.2 Å². The van der Waals surface area contributed by atoms with Gasteiger partial charge in [-0.15, -0.1) is 11.3 Å². The van der Waals surface area contributed by atoms with Gasteiger partial charge in [-0.2, -0.15) is 0 Å². The van der Waals surface area contributed by atoms with Crippen LogP contribution in [0.3, 0.4) is 0 Å². The van der Waals surface area contributed by atoms with E-state index in [2.05, 4.69) is 57.0 Å². The van der Waals surface area contributed by atoms with Gasteiger partial charge < -0.3 is 5.32 Å². The van der Waals surface area contributed by atoms with Crippen molar-refractivity contribution in [1.29, 1.82) is 0 Å². The Morgan fingerprint density at radius 1 is 1.19 bits per heavy atom. The minimum absolute atomic E-state index is 0.605. The van der Waals surface area contributed by atoms with E-state index in [-0.39, 0.29) is 0 Å². The number of nitrogens with one attached hydrogen (secondary N) is 1. The monoisotopic (exact) mass is 361 g/mol. The van der Waals surface area contributed by atoms with Crippen LogP contribution in [0, 0.1) is 0 Å². The number of benzene rings is 1. The zero-order valence-electron chi connectivity index (χ0n) is 12.0. The number of rotatable bonds is 3. The van der Waals surface area contributed by atoms with E-state index in [9.17, 15) is 0 Å². The van der Waals surface area contributed by atoms with Crippen LogP contribution in [0.2, 0.25) is 0 Å². The van der Waals surface area contributed by atoms with Gasteiger partial charge in [0.1, 0.15) is 0 Å². The molecule has 1 aromatic heterocycles. The lowest BCUT2D eigenvalue weighted by molar-refractivity contribution is 0.255. The van der Waals surface area contributed by atoms with E-state index in [1.807, 2.05) is 11.3 Å². The summed E-state index contributed by atoms with van der Waals surface area (Å²) in [7, 11) is 0. The molecule has 0 amide bonds. The molecule has 21 heavy (non-hydrogen) atoms. The molecule has 1 saturated carbocycles. The average Bonchev–Trinajstić information content (AvgIpc) is 2.91. The van der Waals surface area contributed by atoms with Crippen molar-refractivity contribution in [2.75, 3.05) is 0 Å². The second kappa shape index (κ2) is 5.86. The van der Waals surface area contributed by atoms with Crippen molar-refractivity contribution in [2.24, 2.45) is 0 Å². The molecule has 2 aliphatic carbocycles. The van der Waals surface area contributed by atoms with E-state index in [1.54, 1.807) is 10.4 Å². The van der Waals surface area contributed by atoms with E-state index in [4.69, 9.17) is 0 Å². The van der Waals surface area contributed by atoms with Crippen LogP contribution in [0.25, 0.3) is 0 Å². The molecule has 0 saturated heterocycles. The van der Waals surface area contributed by atoms with E-state index >= 15 is 0 Å². The Morgan fingerprint density at radius 2 is 2.10 bits per heavy atom. The molecule has 0 spiro atoms.